The third kappa shape index (κ3) is 2.64. The molecule has 1 aromatic heterocycles. The zero-order valence-corrected chi connectivity index (χ0v) is 9.82. The Morgan fingerprint density at radius 2 is 2.41 bits per heavy atom. The van der Waals surface area contributed by atoms with Gasteiger partial charge in [0.15, 0.2) is 5.82 Å². The molecule has 0 saturated heterocycles. The molecule has 1 unspecified atom stereocenters. The molecule has 0 saturated carbocycles. The second-order valence-corrected chi connectivity index (χ2v) is 4.06. The summed E-state index contributed by atoms with van der Waals surface area (Å²) in [6, 6.07) is 1.63. The summed E-state index contributed by atoms with van der Waals surface area (Å²) in [5.41, 5.74) is 1.33. The van der Waals surface area contributed by atoms with Gasteiger partial charge < -0.3 is 9.84 Å². The van der Waals surface area contributed by atoms with Crippen LogP contribution in [-0.2, 0) is 0 Å². The van der Waals surface area contributed by atoms with Gasteiger partial charge in [0.1, 0.15) is 0 Å². The number of hydrogen-bond acceptors (Lipinski definition) is 3. The predicted molar refractivity (Wildman–Crippen MR) is 63.2 cm³/mol. The Bertz CT molecular complexity index is 431. The average molecular weight is 237 g/mol. The molecule has 0 fully saturated rings. The van der Waals surface area contributed by atoms with Gasteiger partial charge in [0.25, 0.3) is 5.88 Å². The van der Waals surface area contributed by atoms with E-state index in [4.69, 9.17) is 4.74 Å². The lowest BCUT2D eigenvalue weighted by atomic mass is 9.92. The van der Waals surface area contributed by atoms with Crippen LogP contribution in [0.3, 0.4) is 0 Å². The maximum absolute atomic E-state index is 14.1. The lowest BCUT2D eigenvalue weighted by Gasteiger charge is -2.18. The van der Waals surface area contributed by atoms with Gasteiger partial charge in [0, 0.05) is 11.8 Å². The first-order valence-electron chi connectivity index (χ1n) is 5.88. The van der Waals surface area contributed by atoms with Crippen LogP contribution in [0.2, 0.25) is 0 Å². The highest BCUT2D eigenvalue weighted by atomic mass is 19.1. The number of pyridine rings is 1. The Morgan fingerprint density at radius 3 is 3.12 bits per heavy atom. The Kier molecular flexibility index (Phi) is 3.74. The summed E-state index contributed by atoms with van der Waals surface area (Å²) >= 11 is 0. The molecule has 0 amide bonds. The first kappa shape index (κ1) is 12.0. The van der Waals surface area contributed by atoms with Crippen molar-refractivity contribution >= 4 is 5.57 Å². The number of halogens is 1. The molecule has 1 N–H and O–H groups in total. The van der Waals surface area contributed by atoms with Gasteiger partial charge in [-0.2, -0.15) is 0 Å². The lowest BCUT2D eigenvalue weighted by molar-refractivity contribution is 0.206. The first-order chi connectivity index (χ1) is 8.22. The number of rotatable bonds is 3. The van der Waals surface area contributed by atoms with Crippen molar-refractivity contribution in [1.29, 1.82) is 0 Å². The lowest BCUT2D eigenvalue weighted by Crippen LogP contribution is -2.09. The van der Waals surface area contributed by atoms with E-state index in [-0.39, 0.29) is 5.88 Å². The molecule has 0 spiro atoms. The van der Waals surface area contributed by atoms with Crippen molar-refractivity contribution in [1.82, 2.24) is 4.98 Å². The van der Waals surface area contributed by atoms with Crippen molar-refractivity contribution in [2.24, 2.45) is 0 Å². The summed E-state index contributed by atoms with van der Waals surface area (Å²) in [6.45, 7) is 2.17. The van der Waals surface area contributed by atoms with Gasteiger partial charge >= 0.3 is 0 Å². The van der Waals surface area contributed by atoms with E-state index in [0.717, 1.165) is 24.8 Å². The molecule has 1 atom stereocenters. The number of aliphatic hydroxyl groups is 1. The van der Waals surface area contributed by atoms with Gasteiger partial charge in [0.2, 0.25) is 0 Å². The van der Waals surface area contributed by atoms with Gasteiger partial charge in [-0.1, -0.05) is 6.08 Å². The molecule has 0 radical (unpaired) electrons. The number of aliphatic hydroxyl groups excluding tert-OH is 1. The third-order valence-corrected chi connectivity index (χ3v) is 2.82. The molecule has 92 valence electrons. The van der Waals surface area contributed by atoms with Gasteiger partial charge in [-0.25, -0.2) is 9.37 Å². The van der Waals surface area contributed by atoms with Crippen LogP contribution in [0.15, 0.2) is 18.3 Å². The van der Waals surface area contributed by atoms with Crippen molar-refractivity contribution in [3.8, 4) is 5.88 Å². The van der Waals surface area contributed by atoms with Gasteiger partial charge in [0.05, 0.1) is 12.7 Å². The molecule has 0 aromatic carbocycles. The zero-order chi connectivity index (χ0) is 12.3. The predicted octanol–water partition coefficient (Wildman–Crippen LogP) is 2.55. The third-order valence-electron chi connectivity index (χ3n) is 2.82. The molecule has 1 aromatic rings. The van der Waals surface area contributed by atoms with E-state index in [1.54, 1.807) is 19.1 Å². The summed E-state index contributed by atoms with van der Waals surface area (Å²) in [5.74, 6) is -0.402. The van der Waals surface area contributed by atoms with E-state index < -0.39 is 11.9 Å². The summed E-state index contributed by atoms with van der Waals surface area (Å²) in [4.78, 5) is 3.86. The van der Waals surface area contributed by atoms with E-state index in [1.807, 2.05) is 0 Å². The average Bonchev–Trinajstić information content (AvgIpc) is 2.32. The van der Waals surface area contributed by atoms with Crippen LogP contribution in [0.1, 0.15) is 31.7 Å². The fourth-order valence-corrected chi connectivity index (χ4v) is 2.03. The minimum atomic E-state index is -0.471. The molecule has 1 aliphatic rings. The molecule has 0 bridgehead atoms. The second-order valence-electron chi connectivity index (χ2n) is 4.06. The highest BCUT2D eigenvalue weighted by molar-refractivity contribution is 5.67. The van der Waals surface area contributed by atoms with Crippen LogP contribution in [0.5, 0.6) is 5.88 Å². The van der Waals surface area contributed by atoms with E-state index in [0.29, 0.717) is 12.2 Å². The number of ether oxygens (including phenoxy) is 1. The Morgan fingerprint density at radius 1 is 1.59 bits per heavy atom. The van der Waals surface area contributed by atoms with Crippen LogP contribution >= 0.6 is 0 Å². The van der Waals surface area contributed by atoms with Crippen LogP contribution in [0, 0.1) is 5.82 Å². The van der Waals surface area contributed by atoms with Gasteiger partial charge in [-0.3, -0.25) is 0 Å². The van der Waals surface area contributed by atoms with Gasteiger partial charge in [-0.05, 0) is 37.8 Å². The molecule has 1 heterocycles. The minimum Gasteiger partial charge on any atom is -0.476 e. The Balaban J connectivity index is 2.35. The molecule has 0 aliphatic heterocycles. The quantitative estimate of drug-likeness (QED) is 0.878. The molecule has 1 aliphatic carbocycles. The Labute approximate surface area is 99.9 Å². The summed E-state index contributed by atoms with van der Waals surface area (Å²) in [6.07, 6.45) is 5.18. The van der Waals surface area contributed by atoms with E-state index in [1.165, 1.54) is 6.20 Å². The molecule has 4 heteroatoms. The number of nitrogens with zero attached hydrogens (tertiary/aromatic N) is 1. The summed E-state index contributed by atoms with van der Waals surface area (Å²) in [7, 11) is 0. The monoisotopic (exact) mass is 237 g/mol. The van der Waals surface area contributed by atoms with E-state index >= 15 is 0 Å². The smallest absolute Gasteiger partial charge is 0.250 e. The highest BCUT2D eigenvalue weighted by Crippen LogP contribution is 2.30. The zero-order valence-electron chi connectivity index (χ0n) is 9.82. The molecular formula is C13H16FNO2. The summed E-state index contributed by atoms with van der Waals surface area (Å²) in [5, 5.41) is 9.56. The normalized spacial score (nSPS) is 19.9. The van der Waals surface area contributed by atoms with Crippen molar-refractivity contribution in [3.63, 3.8) is 0 Å². The minimum absolute atomic E-state index is 0.0333. The van der Waals surface area contributed by atoms with Gasteiger partial charge in [-0.15, -0.1) is 0 Å². The second kappa shape index (κ2) is 5.27. The molecule has 2 rings (SSSR count). The van der Waals surface area contributed by atoms with Crippen LogP contribution in [0.4, 0.5) is 4.39 Å². The topological polar surface area (TPSA) is 42.4 Å². The summed E-state index contributed by atoms with van der Waals surface area (Å²) < 4.78 is 19.2. The maximum atomic E-state index is 14.1. The van der Waals surface area contributed by atoms with Crippen molar-refractivity contribution in [3.05, 3.63) is 29.7 Å². The largest absolute Gasteiger partial charge is 0.476 e. The molecule has 3 nitrogen and oxygen atoms in total. The fraction of sp³-hybridized carbons (Fsp3) is 0.462. The van der Waals surface area contributed by atoms with Crippen LogP contribution in [0.25, 0.3) is 5.57 Å². The number of aromatic nitrogens is 1. The van der Waals surface area contributed by atoms with Crippen molar-refractivity contribution in [2.75, 3.05) is 6.61 Å². The fourth-order valence-electron chi connectivity index (χ4n) is 2.03. The maximum Gasteiger partial charge on any atom is 0.250 e. The standard InChI is InChI=1S/C13H16FNO2/c1-2-17-13-12(14)11(6-7-15-13)9-4-3-5-10(16)8-9/h6-8,10,16H,2-5H2,1H3. The van der Waals surface area contributed by atoms with Crippen LogP contribution < -0.4 is 4.74 Å². The van der Waals surface area contributed by atoms with Crippen molar-refractivity contribution in [2.45, 2.75) is 32.3 Å². The first-order valence-corrected chi connectivity index (χ1v) is 5.88. The van der Waals surface area contributed by atoms with E-state index in [2.05, 4.69) is 4.98 Å². The van der Waals surface area contributed by atoms with Crippen molar-refractivity contribution < 1.29 is 14.2 Å². The molecule has 17 heavy (non-hydrogen) atoms. The number of allylic oxidation sites excluding steroid dienone is 1. The SMILES string of the molecule is CCOc1nccc(C2=CC(O)CCC2)c1F. The van der Waals surface area contributed by atoms with Crippen LogP contribution in [-0.4, -0.2) is 22.8 Å². The Hall–Kier alpha value is -1.42. The highest BCUT2D eigenvalue weighted by Gasteiger charge is 2.18. The molecular weight excluding hydrogens is 221 g/mol. The van der Waals surface area contributed by atoms with E-state index in [9.17, 15) is 9.50 Å². The number of hydrogen-bond donors (Lipinski definition) is 1.